The fourth-order valence-corrected chi connectivity index (χ4v) is 0.440. The van der Waals surface area contributed by atoms with Crippen LogP contribution in [0.4, 0.5) is 0 Å². The lowest BCUT2D eigenvalue weighted by Gasteiger charge is -2.20. The average molecular weight is 115 g/mol. The Morgan fingerprint density at radius 3 is 2.86 bits per heavy atom. The Labute approximate surface area is 47.2 Å². The number of quaternary nitrogens is 1. The summed E-state index contributed by atoms with van der Waals surface area (Å²) in [5, 5.41) is 0. The first-order chi connectivity index (χ1) is 3.39. The highest BCUT2D eigenvalue weighted by Crippen LogP contribution is 1.71. The summed E-state index contributed by atoms with van der Waals surface area (Å²) in [5.41, 5.74) is 1.75. The minimum absolute atomic E-state index is 1.47. The standard InChI is InChI=1S/C3H4N3S/c7-6-3-4-1-2-5-6/h1-3,5H/q-1/p+1. The maximum absolute atomic E-state index is 4.67. The van der Waals surface area contributed by atoms with E-state index in [1.54, 1.807) is 24.2 Å². The van der Waals surface area contributed by atoms with Crippen LogP contribution in [0.25, 0.3) is 0 Å². The molecular formula is C3H5N3S. The van der Waals surface area contributed by atoms with Crippen LogP contribution in [0.15, 0.2) is 17.4 Å². The van der Waals surface area contributed by atoms with E-state index in [4.69, 9.17) is 0 Å². The Hall–Kier alpha value is -0.480. The van der Waals surface area contributed by atoms with Gasteiger partial charge >= 0.3 is 0 Å². The summed E-state index contributed by atoms with van der Waals surface area (Å²) in [4.78, 5) is 3.74. The molecule has 0 aromatic carbocycles. The van der Waals surface area contributed by atoms with Crippen LogP contribution in [0, 0.1) is 0 Å². The summed E-state index contributed by atoms with van der Waals surface area (Å²) >= 11 is 4.67. The molecule has 0 saturated carbocycles. The van der Waals surface area contributed by atoms with Crippen LogP contribution in [0.3, 0.4) is 0 Å². The summed E-state index contributed by atoms with van der Waals surface area (Å²) < 4.78 is 1.47. The van der Waals surface area contributed by atoms with Crippen molar-refractivity contribution in [3.63, 3.8) is 0 Å². The minimum Gasteiger partial charge on any atom is -0.602 e. The lowest BCUT2D eigenvalue weighted by atomic mass is 10.9. The molecule has 3 nitrogen and oxygen atoms in total. The van der Waals surface area contributed by atoms with Crippen LogP contribution in [-0.4, -0.2) is 10.8 Å². The molecule has 1 heterocycles. The zero-order valence-corrected chi connectivity index (χ0v) is 4.43. The van der Waals surface area contributed by atoms with Gasteiger partial charge in [-0.15, -0.1) is 0 Å². The molecule has 0 aliphatic carbocycles. The van der Waals surface area contributed by atoms with Crippen molar-refractivity contribution in [2.24, 2.45) is 4.99 Å². The topological polar surface area (TPSA) is 32.2 Å². The normalized spacial score (nSPS) is 18.1. The molecule has 0 radical (unpaired) electrons. The molecule has 0 aromatic rings. The fourth-order valence-electron chi connectivity index (χ4n) is 0.316. The third-order valence-corrected chi connectivity index (χ3v) is 0.802. The molecule has 1 aliphatic rings. The Morgan fingerprint density at radius 1 is 1.71 bits per heavy atom. The Morgan fingerprint density at radius 2 is 2.57 bits per heavy atom. The van der Waals surface area contributed by atoms with E-state index >= 15 is 0 Å². The van der Waals surface area contributed by atoms with E-state index in [-0.39, 0.29) is 0 Å². The predicted octanol–water partition coefficient (Wildman–Crippen LogP) is -1.26. The molecule has 0 atom stereocenters. The van der Waals surface area contributed by atoms with E-state index in [1.807, 2.05) is 0 Å². The van der Waals surface area contributed by atoms with Crippen molar-refractivity contribution in [1.29, 1.82) is 0 Å². The Kier molecular flexibility index (Phi) is 1.33. The molecule has 0 saturated heterocycles. The molecular weight excluding hydrogens is 110 g/mol. The first kappa shape index (κ1) is 4.67. The summed E-state index contributed by atoms with van der Waals surface area (Å²) in [5.74, 6) is 0. The van der Waals surface area contributed by atoms with Crippen molar-refractivity contribution >= 4 is 19.2 Å². The zero-order valence-electron chi connectivity index (χ0n) is 3.61. The molecule has 38 valence electrons. The molecule has 0 unspecified atom stereocenters. The van der Waals surface area contributed by atoms with Crippen molar-refractivity contribution < 1.29 is 5.43 Å². The number of hydrogen-bond acceptors (Lipinski definition) is 3. The maximum atomic E-state index is 4.67. The first-order valence-corrected chi connectivity index (χ1v) is 2.25. The van der Waals surface area contributed by atoms with Crippen molar-refractivity contribution in [2.45, 2.75) is 0 Å². The number of aliphatic imine (C=N–C) groups is 1. The molecule has 0 spiro atoms. The average Bonchev–Trinajstić information content (AvgIpc) is 1.69. The molecule has 0 bridgehead atoms. The van der Waals surface area contributed by atoms with Crippen molar-refractivity contribution in [2.75, 3.05) is 0 Å². The first-order valence-electron chi connectivity index (χ1n) is 1.88. The quantitative estimate of drug-likeness (QED) is 0.316. The van der Waals surface area contributed by atoms with Crippen LogP contribution in [0.2, 0.25) is 0 Å². The number of nitrogens with two attached hydrogens (primary N) is 1. The second-order valence-corrected chi connectivity index (χ2v) is 1.54. The summed E-state index contributed by atoms with van der Waals surface area (Å²) in [7, 11) is 0. The highest BCUT2D eigenvalue weighted by molar-refractivity contribution is 7.56. The van der Waals surface area contributed by atoms with Crippen molar-refractivity contribution in [3.8, 4) is 0 Å². The van der Waals surface area contributed by atoms with Crippen molar-refractivity contribution in [1.82, 2.24) is 4.41 Å². The van der Waals surface area contributed by atoms with E-state index < -0.39 is 0 Å². The summed E-state index contributed by atoms with van der Waals surface area (Å²) in [6.45, 7) is 0. The highest BCUT2D eigenvalue weighted by Gasteiger charge is 1.82. The third-order valence-electron chi connectivity index (χ3n) is 0.586. The van der Waals surface area contributed by atoms with Crippen LogP contribution < -0.4 is 5.43 Å². The molecule has 2 N–H and O–H groups in total. The highest BCUT2D eigenvalue weighted by atomic mass is 32.1. The van der Waals surface area contributed by atoms with Gasteiger partial charge in [0.1, 0.15) is 12.5 Å². The zero-order chi connectivity index (χ0) is 5.11. The van der Waals surface area contributed by atoms with Gasteiger partial charge in [-0.2, -0.15) is 0 Å². The smallest absolute Gasteiger partial charge is 0.134 e. The van der Waals surface area contributed by atoms with Crippen LogP contribution >= 0.6 is 0 Å². The SMILES string of the molecule is [S-]N1C=NC=C[NH2+]1. The maximum Gasteiger partial charge on any atom is 0.134 e. The van der Waals surface area contributed by atoms with Gasteiger partial charge in [-0.25, -0.2) is 10.4 Å². The van der Waals surface area contributed by atoms with Crippen molar-refractivity contribution in [3.05, 3.63) is 12.4 Å². The van der Waals surface area contributed by atoms with Gasteiger partial charge in [-0.05, 0) is 0 Å². The van der Waals surface area contributed by atoms with Gasteiger partial charge in [-0.3, -0.25) is 0 Å². The molecule has 1 aliphatic heterocycles. The second-order valence-electron chi connectivity index (χ2n) is 1.12. The number of nitrogens with zero attached hydrogens (tertiary/aromatic N) is 2. The van der Waals surface area contributed by atoms with Gasteiger partial charge in [0.05, 0.1) is 6.20 Å². The molecule has 7 heavy (non-hydrogen) atoms. The molecule has 1 rings (SSSR count). The Balaban J connectivity index is 2.49. The molecule has 0 fully saturated rings. The second kappa shape index (κ2) is 1.99. The van der Waals surface area contributed by atoms with E-state index in [0.717, 1.165) is 0 Å². The molecule has 0 amide bonds. The van der Waals surface area contributed by atoms with Gasteiger partial charge in [-0.1, -0.05) is 0 Å². The molecule has 0 aromatic heterocycles. The lowest BCUT2D eigenvalue weighted by Crippen LogP contribution is -2.87. The van der Waals surface area contributed by atoms with Gasteiger partial charge in [0.15, 0.2) is 0 Å². The fraction of sp³-hybridized carbons (Fsp3) is 0. The van der Waals surface area contributed by atoms with E-state index in [2.05, 4.69) is 17.8 Å². The minimum atomic E-state index is 1.47. The van der Waals surface area contributed by atoms with Crippen LogP contribution in [0.5, 0.6) is 0 Å². The van der Waals surface area contributed by atoms with Crippen LogP contribution in [0.1, 0.15) is 0 Å². The summed E-state index contributed by atoms with van der Waals surface area (Å²) in [6.07, 6.45) is 5.03. The third kappa shape index (κ3) is 1.21. The van der Waals surface area contributed by atoms with Gasteiger partial charge in [0.2, 0.25) is 0 Å². The monoisotopic (exact) mass is 115 g/mol. The van der Waals surface area contributed by atoms with Gasteiger partial charge in [0.25, 0.3) is 0 Å². The van der Waals surface area contributed by atoms with Gasteiger partial charge in [0, 0.05) is 0 Å². The van der Waals surface area contributed by atoms with E-state index in [0.29, 0.717) is 0 Å². The lowest BCUT2D eigenvalue weighted by molar-refractivity contribution is -0.695. The van der Waals surface area contributed by atoms with Crippen LogP contribution in [-0.2, 0) is 12.8 Å². The van der Waals surface area contributed by atoms with E-state index in [1.165, 1.54) is 4.41 Å². The summed E-state index contributed by atoms with van der Waals surface area (Å²) in [6, 6.07) is 0. The van der Waals surface area contributed by atoms with Gasteiger partial charge < -0.3 is 17.2 Å². The predicted molar refractivity (Wildman–Crippen MR) is 28.8 cm³/mol. The number of rotatable bonds is 0. The van der Waals surface area contributed by atoms with E-state index in [9.17, 15) is 0 Å². The Bertz CT molecular complexity index is 109. The molecule has 4 heteroatoms. The largest absolute Gasteiger partial charge is 0.602 e. The number of hydrogen-bond donors (Lipinski definition) is 1.